The summed E-state index contributed by atoms with van der Waals surface area (Å²) in [6.07, 6.45) is 9.99. The van der Waals surface area contributed by atoms with E-state index in [9.17, 15) is 24.3 Å². The Morgan fingerprint density at radius 1 is 0.870 bits per heavy atom. The Balaban J connectivity index is 1.13. The number of amides is 3. The minimum atomic E-state index is -0.936. The second kappa shape index (κ2) is 15.4. The van der Waals surface area contributed by atoms with E-state index >= 15 is 0 Å². The number of ether oxygens (including phenoxy) is 1. The Kier molecular flexibility index (Phi) is 11.2. The SMILES string of the molecule is CC(C)(C)COC(=O)N1CCCCC1CCC(=O)N1CCC(C(=O)N2CC=C3C(C)(C)C(c4ccc(C(=O)O)cc4)=CC[C@]3(C)C2)(c2ccccc2)CC1. The number of allylic oxidation sites excluding steroid dienone is 2. The molecule has 3 aliphatic heterocycles. The molecule has 1 aliphatic carbocycles. The summed E-state index contributed by atoms with van der Waals surface area (Å²) >= 11 is 0. The van der Waals surface area contributed by atoms with Gasteiger partial charge in [-0.2, -0.15) is 0 Å². The van der Waals surface area contributed by atoms with Crippen LogP contribution in [0.15, 0.2) is 72.3 Å². The molecule has 3 heterocycles. The van der Waals surface area contributed by atoms with Crippen molar-refractivity contribution in [1.29, 1.82) is 0 Å². The molecule has 2 fully saturated rings. The van der Waals surface area contributed by atoms with Gasteiger partial charge in [-0.1, -0.05) is 102 Å². The highest BCUT2D eigenvalue weighted by atomic mass is 16.6. The third kappa shape index (κ3) is 8.01. The number of nitrogens with zero attached hydrogens (tertiary/aromatic N) is 3. The summed E-state index contributed by atoms with van der Waals surface area (Å²) in [5.74, 6) is -0.726. The number of carbonyl (C=O) groups excluding carboxylic acids is 3. The molecule has 0 spiro atoms. The Morgan fingerprint density at radius 2 is 1.56 bits per heavy atom. The Labute approximate surface area is 321 Å². The molecule has 0 aromatic heterocycles. The molecule has 9 nitrogen and oxygen atoms in total. The van der Waals surface area contributed by atoms with Crippen LogP contribution in [0.2, 0.25) is 0 Å². The lowest BCUT2D eigenvalue weighted by Gasteiger charge is -2.52. The molecule has 290 valence electrons. The van der Waals surface area contributed by atoms with Crippen LogP contribution in [0.3, 0.4) is 0 Å². The number of aromatic carboxylic acids is 1. The Hall–Kier alpha value is -4.40. The summed E-state index contributed by atoms with van der Waals surface area (Å²) in [4.78, 5) is 58.9. The van der Waals surface area contributed by atoms with Gasteiger partial charge in [-0.3, -0.25) is 9.59 Å². The van der Waals surface area contributed by atoms with E-state index in [2.05, 4.69) is 45.1 Å². The average Bonchev–Trinajstić information content (AvgIpc) is 3.15. The summed E-state index contributed by atoms with van der Waals surface area (Å²) in [7, 11) is 0. The van der Waals surface area contributed by atoms with Gasteiger partial charge in [0.05, 0.1) is 17.6 Å². The molecule has 9 heteroatoms. The molecule has 1 unspecified atom stereocenters. The van der Waals surface area contributed by atoms with Gasteiger partial charge in [0, 0.05) is 56.0 Å². The molecular weight excluding hydrogens is 679 g/mol. The number of piperidine rings is 2. The number of carboxylic acids is 1. The van der Waals surface area contributed by atoms with Crippen molar-refractivity contribution >= 4 is 29.5 Å². The third-order valence-corrected chi connectivity index (χ3v) is 12.4. The van der Waals surface area contributed by atoms with E-state index in [0.29, 0.717) is 65.0 Å². The maximum atomic E-state index is 14.9. The minimum absolute atomic E-state index is 0.00321. The molecule has 54 heavy (non-hydrogen) atoms. The van der Waals surface area contributed by atoms with Crippen LogP contribution in [-0.4, -0.2) is 89.1 Å². The predicted octanol–water partition coefficient (Wildman–Crippen LogP) is 8.35. The number of hydrogen-bond donors (Lipinski definition) is 1. The standard InChI is InChI=1S/C45H59N3O6/c1-42(2,3)31-54-41(53)48-26-11-10-14-35(48)19-20-38(49)46-28-24-45(25-29-46,34-12-8-7-9-13-34)40(52)47-27-22-37-43(4,5)36(21-23-44(37,6)30-47)32-15-17-33(18-16-32)39(50)51/h7-9,12-13,15-18,21-22,35H,10-11,14,19-20,23-31H2,1-6H3,(H,50,51)/t35?,44-/m1/s1. The molecule has 0 saturated carbocycles. The van der Waals surface area contributed by atoms with Gasteiger partial charge in [-0.25, -0.2) is 9.59 Å². The average molecular weight is 738 g/mol. The van der Waals surface area contributed by atoms with Crippen LogP contribution in [0.25, 0.3) is 5.57 Å². The Bertz CT molecular complexity index is 1780. The van der Waals surface area contributed by atoms with Gasteiger partial charge in [0.25, 0.3) is 0 Å². The van der Waals surface area contributed by atoms with E-state index in [1.807, 2.05) is 65.8 Å². The summed E-state index contributed by atoms with van der Waals surface area (Å²) in [6.45, 7) is 16.0. The van der Waals surface area contributed by atoms with Crippen molar-refractivity contribution in [3.05, 3.63) is 89.0 Å². The number of rotatable bonds is 8. The fourth-order valence-electron chi connectivity index (χ4n) is 9.53. The van der Waals surface area contributed by atoms with E-state index in [1.165, 1.54) is 11.1 Å². The second-order valence-electron chi connectivity index (χ2n) is 18.0. The van der Waals surface area contributed by atoms with Crippen molar-refractivity contribution in [1.82, 2.24) is 14.7 Å². The van der Waals surface area contributed by atoms with Crippen molar-refractivity contribution in [3.8, 4) is 0 Å². The first-order valence-corrected chi connectivity index (χ1v) is 19.9. The summed E-state index contributed by atoms with van der Waals surface area (Å²) in [5.41, 5.74) is 3.41. The fourth-order valence-corrected chi connectivity index (χ4v) is 9.53. The van der Waals surface area contributed by atoms with Gasteiger partial charge in [0.2, 0.25) is 11.8 Å². The van der Waals surface area contributed by atoms with E-state index < -0.39 is 11.4 Å². The maximum Gasteiger partial charge on any atom is 0.410 e. The first kappa shape index (κ1) is 39.3. The van der Waals surface area contributed by atoms with Gasteiger partial charge in [0.1, 0.15) is 0 Å². The van der Waals surface area contributed by atoms with Gasteiger partial charge < -0.3 is 24.5 Å². The molecular formula is C45H59N3O6. The Morgan fingerprint density at radius 3 is 2.20 bits per heavy atom. The maximum absolute atomic E-state index is 14.9. The van der Waals surface area contributed by atoms with Crippen LogP contribution in [0.4, 0.5) is 4.79 Å². The second-order valence-corrected chi connectivity index (χ2v) is 18.0. The first-order chi connectivity index (χ1) is 25.5. The van der Waals surface area contributed by atoms with Crippen LogP contribution in [-0.2, 0) is 19.7 Å². The molecule has 2 atom stereocenters. The van der Waals surface area contributed by atoms with Crippen LogP contribution in [0.5, 0.6) is 0 Å². The highest BCUT2D eigenvalue weighted by Gasteiger charge is 2.51. The van der Waals surface area contributed by atoms with Crippen molar-refractivity contribution in [2.24, 2.45) is 16.2 Å². The quantitative estimate of drug-likeness (QED) is 0.273. The van der Waals surface area contributed by atoms with Gasteiger partial charge in [-0.05, 0) is 79.2 Å². The summed E-state index contributed by atoms with van der Waals surface area (Å²) < 4.78 is 5.65. The predicted molar refractivity (Wildman–Crippen MR) is 211 cm³/mol. The van der Waals surface area contributed by atoms with Crippen molar-refractivity contribution in [2.75, 3.05) is 39.3 Å². The number of fused-ring (bicyclic) bond motifs is 1. The van der Waals surface area contributed by atoms with Crippen LogP contribution in [0.1, 0.15) is 114 Å². The lowest BCUT2D eigenvalue weighted by atomic mass is 9.58. The molecule has 4 aliphatic rings. The van der Waals surface area contributed by atoms with E-state index in [1.54, 1.807) is 12.1 Å². The lowest BCUT2D eigenvalue weighted by Crippen LogP contribution is -2.57. The van der Waals surface area contributed by atoms with E-state index in [-0.39, 0.29) is 45.8 Å². The zero-order valence-electron chi connectivity index (χ0n) is 33.2. The summed E-state index contributed by atoms with van der Waals surface area (Å²) in [5, 5.41) is 9.40. The smallest absolute Gasteiger partial charge is 0.410 e. The van der Waals surface area contributed by atoms with Gasteiger partial charge in [0.15, 0.2) is 0 Å². The van der Waals surface area contributed by atoms with E-state index in [4.69, 9.17) is 4.74 Å². The number of hydrogen-bond acceptors (Lipinski definition) is 5. The van der Waals surface area contributed by atoms with E-state index in [0.717, 1.165) is 36.8 Å². The molecule has 6 rings (SSSR count). The van der Waals surface area contributed by atoms with Crippen molar-refractivity contribution in [2.45, 2.75) is 104 Å². The zero-order chi connectivity index (χ0) is 38.9. The highest BCUT2D eigenvalue weighted by molar-refractivity contribution is 5.90. The number of likely N-dealkylation sites (tertiary alicyclic amines) is 2. The van der Waals surface area contributed by atoms with Gasteiger partial charge in [-0.15, -0.1) is 0 Å². The third-order valence-electron chi connectivity index (χ3n) is 12.4. The van der Waals surface area contributed by atoms with Crippen LogP contribution >= 0.6 is 0 Å². The molecule has 2 aromatic carbocycles. The minimum Gasteiger partial charge on any atom is -0.478 e. The molecule has 2 saturated heterocycles. The lowest BCUT2D eigenvalue weighted by molar-refractivity contribution is -0.144. The normalized spacial score (nSPS) is 23.8. The number of benzene rings is 2. The van der Waals surface area contributed by atoms with Crippen LogP contribution in [0, 0.1) is 16.2 Å². The van der Waals surface area contributed by atoms with Crippen molar-refractivity contribution < 1.29 is 29.0 Å². The summed E-state index contributed by atoms with van der Waals surface area (Å²) in [6, 6.07) is 17.2. The molecule has 1 N–H and O–H groups in total. The monoisotopic (exact) mass is 737 g/mol. The topological polar surface area (TPSA) is 107 Å². The van der Waals surface area contributed by atoms with Gasteiger partial charge >= 0.3 is 12.1 Å². The number of carboxylic acid groups (broad SMARTS) is 1. The fraction of sp³-hybridized carbons (Fsp3) is 0.556. The zero-order valence-corrected chi connectivity index (χ0v) is 33.2. The van der Waals surface area contributed by atoms with Crippen LogP contribution < -0.4 is 0 Å². The first-order valence-electron chi connectivity index (χ1n) is 19.9. The van der Waals surface area contributed by atoms with Crippen molar-refractivity contribution in [3.63, 3.8) is 0 Å². The molecule has 3 amide bonds. The molecule has 2 aromatic rings. The molecule has 0 bridgehead atoms. The highest BCUT2D eigenvalue weighted by Crippen LogP contribution is 2.55. The molecule has 0 radical (unpaired) electrons. The number of carbonyl (C=O) groups is 4. The largest absolute Gasteiger partial charge is 0.478 e.